The Morgan fingerprint density at radius 1 is 1.43 bits per heavy atom. The second kappa shape index (κ2) is 4.29. The number of primary sulfonamides is 1. The predicted molar refractivity (Wildman–Crippen MR) is 48.5 cm³/mol. The van der Waals surface area contributed by atoms with E-state index in [1.165, 1.54) is 0 Å². The molecule has 0 spiro atoms. The van der Waals surface area contributed by atoms with Gasteiger partial charge in [0.25, 0.3) is 0 Å². The van der Waals surface area contributed by atoms with Crippen molar-refractivity contribution in [3.63, 3.8) is 0 Å². The van der Waals surface area contributed by atoms with Crippen LogP contribution in [0.4, 0.5) is 10.3 Å². The molecule has 0 aliphatic carbocycles. The summed E-state index contributed by atoms with van der Waals surface area (Å²) >= 11 is 0. The number of nitrogens with one attached hydrogen (secondary N) is 1. The van der Waals surface area contributed by atoms with Crippen LogP contribution in [0.1, 0.15) is 0 Å². The smallest absolute Gasteiger partial charge is 0.222 e. The van der Waals surface area contributed by atoms with Crippen molar-refractivity contribution in [1.82, 2.24) is 9.97 Å². The largest absolute Gasteiger partial charge is 0.353 e. The normalized spacial score (nSPS) is 11.3. The molecule has 0 aliphatic heterocycles. The van der Waals surface area contributed by atoms with Crippen LogP contribution < -0.4 is 10.5 Å². The van der Waals surface area contributed by atoms with Gasteiger partial charge in [-0.25, -0.2) is 27.9 Å². The lowest BCUT2D eigenvalue weighted by molar-refractivity contribution is 0.597. The van der Waals surface area contributed by atoms with Crippen LogP contribution in [0.15, 0.2) is 12.4 Å². The molecule has 0 amide bonds. The van der Waals surface area contributed by atoms with Gasteiger partial charge in [-0.3, -0.25) is 0 Å². The average molecular weight is 220 g/mol. The van der Waals surface area contributed by atoms with E-state index in [0.29, 0.717) is 0 Å². The zero-order chi connectivity index (χ0) is 10.6. The number of halogens is 1. The number of nitrogens with two attached hydrogens (primary N) is 1. The zero-order valence-corrected chi connectivity index (χ0v) is 7.96. The number of nitrogens with zero attached hydrogens (tertiary/aromatic N) is 2. The molecule has 8 heteroatoms. The lowest BCUT2D eigenvalue weighted by Crippen LogP contribution is -2.22. The molecule has 0 unspecified atom stereocenters. The van der Waals surface area contributed by atoms with Crippen LogP contribution in [0.5, 0.6) is 0 Å². The lowest BCUT2D eigenvalue weighted by atomic mass is 10.6. The van der Waals surface area contributed by atoms with Crippen LogP contribution in [-0.2, 0) is 10.0 Å². The van der Waals surface area contributed by atoms with E-state index >= 15 is 0 Å². The molecule has 0 atom stereocenters. The van der Waals surface area contributed by atoms with Crippen LogP contribution in [0, 0.1) is 5.82 Å². The third-order valence-electron chi connectivity index (χ3n) is 1.29. The maximum Gasteiger partial charge on any atom is 0.222 e. The van der Waals surface area contributed by atoms with Gasteiger partial charge in [-0.15, -0.1) is 0 Å². The summed E-state index contributed by atoms with van der Waals surface area (Å²) in [5, 5.41) is 7.34. The predicted octanol–water partition coefficient (Wildman–Crippen LogP) is -0.684. The van der Waals surface area contributed by atoms with Gasteiger partial charge in [0.2, 0.25) is 16.0 Å². The molecule has 78 valence electrons. The Morgan fingerprint density at radius 3 is 2.50 bits per heavy atom. The minimum absolute atomic E-state index is 0.0878. The Hall–Kier alpha value is -1.28. The number of rotatable bonds is 4. The van der Waals surface area contributed by atoms with Crippen molar-refractivity contribution < 1.29 is 12.8 Å². The van der Waals surface area contributed by atoms with Gasteiger partial charge in [-0.2, -0.15) is 0 Å². The van der Waals surface area contributed by atoms with Gasteiger partial charge in [-0.05, 0) is 0 Å². The van der Waals surface area contributed by atoms with E-state index in [9.17, 15) is 12.8 Å². The van der Waals surface area contributed by atoms with Gasteiger partial charge < -0.3 is 5.32 Å². The van der Waals surface area contributed by atoms with Crippen molar-refractivity contribution in [1.29, 1.82) is 0 Å². The molecule has 0 bridgehead atoms. The monoisotopic (exact) mass is 220 g/mol. The standard InChI is InChI=1S/C6H9FN4O2S/c7-5-3-10-6(11-4-5)9-1-2-14(8,12)13/h3-4H,1-2H2,(H2,8,12,13)(H,9,10,11). The van der Waals surface area contributed by atoms with E-state index in [1.807, 2.05) is 0 Å². The van der Waals surface area contributed by atoms with Crippen LogP contribution in [0.2, 0.25) is 0 Å². The van der Waals surface area contributed by atoms with Gasteiger partial charge in [-0.1, -0.05) is 0 Å². The quantitative estimate of drug-likeness (QED) is 0.700. The highest BCUT2D eigenvalue weighted by Gasteiger charge is 2.02. The van der Waals surface area contributed by atoms with Crippen LogP contribution in [-0.4, -0.2) is 30.7 Å². The number of hydrogen-bond donors (Lipinski definition) is 2. The molecule has 1 rings (SSSR count). The van der Waals surface area contributed by atoms with E-state index < -0.39 is 15.8 Å². The van der Waals surface area contributed by atoms with Crippen LogP contribution in [0.25, 0.3) is 0 Å². The van der Waals surface area contributed by atoms with Gasteiger partial charge >= 0.3 is 0 Å². The lowest BCUT2D eigenvalue weighted by Gasteiger charge is -2.02. The maximum absolute atomic E-state index is 12.3. The van der Waals surface area contributed by atoms with Crippen molar-refractivity contribution in [2.45, 2.75) is 0 Å². The minimum Gasteiger partial charge on any atom is -0.353 e. The topological polar surface area (TPSA) is 98.0 Å². The van der Waals surface area contributed by atoms with E-state index in [-0.39, 0.29) is 18.2 Å². The average Bonchev–Trinajstić information content (AvgIpc) is 2.06. The van der Waals surface area contributed by atoms with Gasteiger partial charge in [0.1, 0.15) is 0 Å². The Kier molecular flexibility index (Phi) is 3.31. The fourth-order valence-corrected chi connectivity index (χ4v) is 1.10. The Morgan fingerprint density at radius 2 is 2.00 bits per heavy atom. The molecule has 6 nitrogen and oxygen atoms in total. The fourth-order valence-electron chi connectivity index (χ4n) is 0.709. The number of anilines is 1. The molecule has 0 aliphatic rings. The summed E-state index contributed by atoms with van der Waals surface area (Å²) in [5.74, 6) is -0.620. The molecule has 3 N–H and O–H groups in total. The number of hydrogen-bond acceptors (Lipinski definition) is 5. The molecule has 0 saturated heterocycles. The molecule has 0 radical (unpaired) electrons. The molecular formula is C6H9FN4O2S. The van der Waals surface area contributed by atoms with Gasteiger partial charge in [0, 0.05) is 6.54 Å². The van der Waals surface area contributed by atoms with Crippen molar-refractivity contribution in [3.8, 4) is 0 Å². The van der Waals surface area contributed by atoms with E-state index in [1.54, 1.807) is 0 Å². The summed E-state index contributed by atoms with van der Waals surface area (Å²) < 4.78 is 33.4. The third-order valence-corrected chi connectivity index (χ3v) is 2.06. The third kappa shape index (κ3) is 4.10. The SMILES string of the molecule is NS(=O)(=O)CCNc1ncc(F)cn1. The molecule has 0 aromatic carbocycles. The Labute approximate surface area is 80.4 Å². The second-order valence-electron chi connectivity index (χ2n) is 2.52. The van der Waals surface area contributed by atoms with Crippen molar-refractivity contribution in [3.05, 3.63) is 18.2 Å². The van der Waals surface area contributed by atoms with Crippen LogP contribution >= 0.6 is 0 Å². The first-order valence-electron chi connectivity index (χ1n) is 3.69. The highest BCUT2D eigenvalue weighted by Crippen LogP contribution is 1.97. The molecule has 14 heavy (non-hydrogen) atoms. The fraction of sp³-hybridized carbons (Fsp3) is 0.333. The number of aromatic nitrogens is 2. The molecule has 1 aromatic heterocycles. The highest BCUT2D eigenvalue weighted by atomic mass is 32.2. The summed E-state index contributed by atoms with van der Waals surface area (Å²) in [4.78, 5) is 7.13. The van der Waals surface area contributed by atoms with Gasteiger partial charge in [0.05, 0.1) is 18.1 Å². The van der Waals surface area contributed by atoms with E-state index in [2.05, 4.69) is 15.3 Å². The Balaban J connectivity index is 2.43. The van der Waals surface area contributed by atoms with Crippen molar-refractivity contribution >= 4 is 16.0 Å². The highest BCUT2D eigenvalue weighted by molar-refractivity contribution is 7.89. The molecule has 0 fully saturated rings. The molecule has 0 saturated carbocycles. The summed E-state index contributed by atoms with van der Waals surface area (Å²) in [7, 11) is -3.49. The van der Waals surface area contributed by atoms with Crippen molar-refractivity contribution in [2.24, 2.45) is 5.14 Å². The summed E-state index contributed by atoms with van der Waals surface area (Å²) in [5.41, 5.74) is 0. The molecular weight excluding hydrogens is 211 g/mol. The first-order chi connectivity index (χ1) is 6.47. The first-order valence-corrected chi connectivity index (χ1v) is 5.41. The van der Waals surface area contributed by atoms with Crippen molar-refractivity contribution in [2.75, 3.05) is 17.6 Å². The molecule has 1 aromatic rings. The zero-order valence-electron chi connectivity index (χ0n) is 7.14. The summed E-state index contributed by atoms with van der Waals surface area (Å²) in [6.45, 7) is 0.0878. The Bertz CT molecular complexity index is 391. The number of sulfonamides is 1. The summed E-state index contributed by atoms with van der Waals surface area (Å²) in [6.07, 6.45) is 1.96. The molecule has 1 heterocycles. The second-order valence-corrected chi connectivity index (χ2v) is 4.25. The van der Waals surface area contributed by atoms with E-state index in [0.717, 1.165) is 12.4 Å². The minimum atomic E-state index is -3.49. The van der Waals surface area contributed by atoms with Crippen LogP contribution in [0.3, 0.4) is 0 Å². The first kappa shape index (κ1) is 10.8. The van der Waals surface area contributed by atoms with Gasteiger partial charge in [0.15, 0.2) is 5.82 Å². The summed E-state index contributed by atoms with van der Waals surface area (Å²) in [6, 6.07) is 0. The maximum atomic E-state index is 12.3. The van der Waals surface area contributed by atoms with E-state index in [4.69, 9.17) is 5.14 Å².